The van der Waals surface area contributed by atoms with Crippen LogP contribution in [0.3, 0.4) is 0 Å². The summed E-state index contributed by atoms with van der Waals surface area (Å²) in [5, 5.41) is 20.1. The van der Waals surface area contributed by atoms with E-state index in [9.17, 15) is 19.8 Å². The molecule has 0 saturated carbocycles. The number of rotatable bonds is 9. The molecule has 15 heavy (non-hydrogen) atoms. The van der Waals surface area contributed by atoms with Crippen LogP contribution < -0.4 is 10.2 Å². The Labute approximate surface area is 106 Å². The molecular formula is C10H16MgO4. The maximum atomic E-state index is 10.0. The first kappa shape index (κ1) is 17.1. The van der Waals surface area contributed by atoms with E-state index in [-0.39, 0.29) is 35.9 Å². The monoisotopic (exact) mass is 224 g/mol. The van der Waals surface area contributed by atoms with E-state index in [1.54, 1.807) is 0 Å². The number of unbranched alkanes of at least 4 members (excludes halogenated alkanes) is 5. The minimum atomic E-state index is -0.998. The van der Waals surface area contributed by atoms with E-state index >= 15 is 0 Å². The average Bonchev–Trinajstić information content (AvgIpc) is 2.08. The second kappa shape index (κ2) is 11.8. The summed E-state index contributed by atoms with van der Waals surface area (Å²) in [5.74, 6) is -2.00. The van der Waals surface area contributed by atoms with Gasteiger partial charge >= 0.3 is 23.1 Å². The number of carboxylic acid groups (broad SMARTS) is 2. The minimum Gasteiger partial charge on any atom is -0.550 e. The molecule has 82 valence electrons. The molecule has 0 heterocycles. The van der Waals surface area contributed by atoms with Gasteiger partial charge in [-0.25, -0.2) is 0 Å². The van der Waals surface area contributed by atoms with Gasteiger partial charge in [-0.2, -0.15) is 0 Å². The molecule has 0 radical (unpaired) electrons. The first-order valence-electron chi connectivity index (χ1n) is 5.02. The molecule has 0 spiro atoms. The smallest absolute Gasteiger partial charge is 0.550 e. The topological polar surface area (TPSA) is 80.3 Å². The van der Waals surface area contributed by atoms with E-state index in [1.165, 1.54) is 0 Å². The van der Waals surface area contributed by atoms with Crippen LogP contribution in [0.1, 0.15) is 51.4 Å². The summed E-state index contributed by atoms with van der Waals surface area (Å²) in [4.78, 5) is 20.1. The van der Waals surface area contributed by atoms with Crippen LogP contribution >= 0.6 is 0 Å². The number of aliphatic carboxylic acids is 2. The maximum absolute atomic E-state index is 10.0. The Morgan fingerprint density at radius 2 is 0.933 bits per heavy atom. The minimum absolute atomic E-state index is 0. The summed E-state index contributed by atoms with van der Waals surface area (Å²) in [6.45, 7) is 0. The fourth-order valence-corrected chi connectivity index (χ4v) is 1.25. The van der Waals surface area contributed by atoms with Gasteiger partial charge in [0.05, 0.1) is 0 Å². The van der Waals surface area contributed by atoms with Gasteiger partial charge < -0.3 is 19.8 Å². The molecule has 0 aromatic rings. The molecule has 0 aliphatic heterocycles. The number of hydrogen-bond donors (Lipinski definition) is 0. The van der Waals surface area contributed by atoms with Crippen molar-refractivity contribution in [2.45, 2.75) is 51.4 Å². The molecule has 0 saturated heterocycles. The first-order chi connectivity index (χ1) is 6.63. The molecule has 0 amide bonds. The Hall–Kier alpha value is -0.294. The second-order valence-corrected chi connectivity index (χ2v) is 3.37. The van der Waals surface area contributed by atoms with Crippen LogP contribution in [0.15, 0.2) is 0 Å². The summed E-state index contributed by atoms with van der Waals surface area (Å²) < 4.78 is 0. The predicted octanol–water partition coefficient (Wildman–Crippen LogP) is -0.774. The second-order valence-electron chi connectivity index (χ2n) is 3.37. The fourth-order valence-electron chi connectivity index (χ4n) is 1.25. The standard InChI is InChI=1S/C10H18O4.Mg/c11-9(12)7-5-3-1-2-4-6-8-10(13)14;/h1-8H2,(H,11,12)(H,13,14);/q;+2/p-2. The molecular weight excluding hydrogens is 208 g/mol. The molecule has 0 fully saturated rings. The quantitative estimate of drug-likeness (QED) is 0.380. The van der Waals surface area contributed by atoms with E-state index in [4.69, 9.17) is 0 Å². The maximum Gasteiger partial charge on any atom is 2.00 e. The molecule has 0 unspecified atom stereocenters. The number of carbonyl (C=O) groups excluding carboxylic acids is 2. The van der Waals surface area contributed by atoms with Crippen molar-refractivity contribution in [2.24, 2.45) is 0 Å². The van der Waals surface area contributed by atoms with Gasteiger partial charge in [-0.15, -0.1) is 0 Å². The SMILES string of the molecule is O=C([O-])CCCCCCCCC(=O)[O-].[Mg+2]. The number of carbonyl (C=O) groups is 2. The van der Waals surface area contributed by atoms with Crippen molar-refractivity contribution < 1.29 is 19.8 Å². The van der Waals surface area contributed by atoms with Crippen LogP contribution in [-0.2, 0) is 9.59 Å². The van der Waals surface area contributed by atoms with Crippen molar-refractivity contribution in [3.05, 3.63) is 0 Å². The van der Waals surface area contributed by atoms with E-state index in [2.05, 4.69) is 0 Å². The first-order valence-corrected chi connectivity index (χ1v) is 5.02. The van der Waals surface area contributed by atoms with Crippen molar-refractivity contribution in [1.29, 1.82) is 0 Å². The van der Waals surface area contributed by atoms with Crippen molar-refractivity contribution >= 4 is 35.0 Å². The molecule has 0 aromatic heterocycles. The summed E-state index contributed by atoms with van der Waals surface area (Å²) in [6, 6.07) is 0. The number of hydrogen-bond acceptors (Lipinski definition) is 4. The van der Waals surface area contributed by atoms with Gasteiger partial charge in [0, 0.05) is 11.9 Å². The molecule has 0 bridgehead atoms. The van der Waals surface area contributed by atoms with Crippen LogP contribution in [0.25, 0.3) is 0 Å². The Morgan fingerprint density at radius 3 is 1.20 bits per heavy atom. The third kappa shape index (κ3) is 16.4. The Morgan fingerprint density at radius 1 is 0.667 bits per heavy atom. The average molecular weight is 225 g/mol. The molecule has 0 aliphatic carbocycles. The summed E-state index contributed by atoms with van der Waals surface area (Å²) >= 11 is 0. The molecule has 0 aliphatic rings. The number of carboxylic acids is 2. The van der Waals surface area contributed by atoms with Crippen LogP contribution in [0.5, 0.6) is 0 Å². The third-order valence-electron chi connectivity index (χ3n) is 2.01. The molecule has 4 nitrogen and oxygen atoms in total. The van der Waals surface area contributed by atoms with Gasteiger partial charge in [0.25, 0.3) is 0 Å². The van der Waals surface area contributed by atoms with Crippen molar-refractivity contribution in [3.63, 3.8) is 0 Å². The zero-order valence-electron chi connectivity index (χ0n) is 9.00. The third-order valence-corrected chi connectivity index (χ3v) is 2.01. The Kier molecular flexibility index (Phi) is 13.4. The van der Waals surface area contributed by atoms with Crippen LogP contribution in [0, 0.1) is 0 Å². The van der Waals surface area contributed by atoms with E-state index in [1.807, 2.05) is 0 Å². The summed E-state index contributed by atoms with van der Waals surface area (Å²) in [7, 11) is 0. The zero-order chi connectivity index (χ0) is 10.8. The van der Waals surface area contributed by atoms with Gasteiger partial charge in [-0.3, -0.25) is 0 Å². The van der Waals surface area contributed by atoms with Crippen molar-refractivity contribution in [2.75, 3.05) is 0 Å². The molecule has 0 N–H and O–H groups in total. The Bertz CT molecular complexity index is 162. The molecule has 0 atom stereocenters. The van der Waals surface area contributed by atoms with Gasteiger partial charge in [0.1, 0.15) is 0 Å². The normalized spacial score (nSPS) is 9.33. The van der Waals surface area contributed by atoms with Crippen LogP contribution in [0.2, 0.25) is 0 Å². The summed E-state index contributed by atoms with van der Waals surface area (Å²) in [6.07, 6.45) is 5.23. The molecule has 5 heteroatoms. The van der Waals surface area contributed by atoms with Gasteiger partial charge in [-0.1, -0.05) is 25.7 Å². The van der Waals surface area contributed by atoms with Crippen molar-refractivity contribution in [1.82, 2.24) is 0 Å². The summed E-state index contributed by atoms with van der Waals surface area (Å²) in [5.41, 5.74) is 0. The van der Waals surface area contributed by atoms with E-state index < -0.39 is 11.9 Å². The van der Waals surface area contributed by atoms with Gasteiger partial charge in [-0.05, 0) is 25.7 Å². The van der Waals surface area contributed by atoms with Crippen molar-refractivity contribution in [3.8, 4) is 0 Å². The van der Waals surface area contributed by atoms with Crippen LogP contribution in [0.4, 0.5) is 0 Å². The molecule has 0 aromatic carbocycles. The van der Waals surface area contributed by atoms with E-state index in [0.717, 1.165) is 25.7 Å². The fraction of sp³-hybridized carbons (Fsp3) is 0.800. The van der Waals surface area contributed by atoms with Gasteiger partial charge in [0.15, 0.2) is 0 Å². The predicted molar refractivity (Wildman–Crippen MR) is 52.7 cm³/mol. The molecule has 0 rings (SSSR count). The zero-order valence-corrected chi connectivity index (χ0v) is 10.4. The van der Waals surface area contributed by atoms with E-state index in [0.29, 0.717) is 12.8 Å². The Balaban J connectivity index is 0. The van der Waals surface area contributed by atoms with Gasteiger partial charge in [0.2, 0.25) is 0 Å². The van der Waals surface area contributed by atoms with Crippen LogP contribution in [-0.4, -0.2) is 35.0 Å². The largest absolute Gasteiger partial charge is 2.00 e.